The lowest BCUT2D eigenvalue weighted by molar-refractivity contribution is -0.129. The van der Waals surface area contributed by atoms with Crippen LogP contribution >= 0.6 is 0 Å². The molecule has 1 fully saturated rings. The molecule has 8 heteroatoms. The summed E-state index contributed by atoms with van der Waals surface area (Å²) in [6, 6.07) is 5.11. The number of ether oxygens (including phenoxy) is 1. The first-order valence-corrected chi connectivity index (χ1v) is 8.50. The Hall–Kier alpha value is -2.90. The molecule has 1 aromatic heterocycles. The minimum Gasteiger partial charge on any atom is -0.444 e. The van der Waals surface area contributed by atoms with E-state index in [4.69, 9.17) is 10.5 Å². The van der Waals surface area contributed by atoms with Crippen LogP contribution in [0, 0.1) is 0 Å². The van der Waals surface area contributed by atoms with Gasteiger partial charge in [0.2, 0.25) is 5.91 Å². The molecule has 3 rings (SSSR count). The largest absolute Gasteiger partial charge is 0.444 e. The Morgan fingerprint density at radius 2 is 2.15 bits per heavy atom. The van der Waals surface area contributed by atoms with Gasteiger partial charge >= 0.3 is 6.09 Å². The number of hydrogen-bond acceptors (Lipinski definition) is 6. The van der Waals surface area contributed by atoms with Crippen LogP contribution in [0.4, 0.5) is 10.6 Å². The van der Waals surface area contributed by atoms with Crippen LogP contribution in [0.15, 0.2) is 24.5 Å². The van der Waals surface area contributed by atoms with Gasteiger partial charge in [-0.3, -0.25) is 4.79 Å². The molecule has 0 saturated carbocycles. The third kappa shape index (κ3) is 4.01. The van der Waals surface area contributed by atoms with Crippen molar-refractivity contribution in [1.82, 2.24) is 20.2 Å². The van der Waals surface area contributed by atoms with E-state index in [1.807, 2.05) is 18.2 Å². The Morgan fingerprint density at radius 1 is 1.38 bits per heavy atom. The number of rotatable bonds is 3. The number of benzene rings is 1. The zero-order valence-corrected chi connectivity index (χ0v) is 15.2. The number of amides is 2. The molecule has 3 N–H and O–H groups in total. The summed E-state index contributed by atoms with van der Waals surface area (Å²) in [4.78, 5) is 34.3. The van der Waals surface area contributed by atoms with Crippen LogP contribution in [-0.2, 0) is 16.1 Å². The van der Waals surface area contributed by atoms with Crippen LogP contribution in [0.2, 0.25) is 0 Å². The van der Waals surface area contributed by atoms with Gasteiger partial charge in [-0.05, 0) is 44.9 Å². The van der Waals surface area contributed by atoms with Crippen molar-refractivity contribution in [3.05, 3.63) is 30.1 Å². The van der Waals surface area contributed by atoms with Crippen molar-refractivity contribution >= 4 is 28.7 Å². The van der Waals surface area contributed by atoms with Crippen molar-refractivity contribution in [1.29, 1.82) is 0 Å². The maximum absolute atomic E-state index is 12.5. The Labute approximate surface area is 151 Å². The fraction of sp³-hybridized carbons (Fsp3) is 0.444. The molecule has 1 aromatic carbocycles. The predicted octanol–water partition coefficient (Wildman–Crippen LogP) is 1.84. The molecule has 0 spiro atoms. The number of nitrogens with one attached hydrogen (secondary N) is 1. The van der Waals surface area contributed by atoms with Gasteiger partial charge in [0.25, 0.3) is 0 Å². The van der Waals surface area contributed by atoms with Gasteiger partial charge in [0.1, 0.15) is 23.8 Å². The number of carbonyl (C=O) groups is 2. The topological polar surface area (TPSA) is 110 Å². The third-order valence-corrected chi connectivity index (χ3v) is 4.09. The number of likely N-dealkylation sites (tertiary alicyclic amines) is 1. The zero-order valence-electron chi connectivity index (χ0n) is 15.2. The average molecular weight is 357 g/mol. The Morgan fingerprint density at radius 3 is 2.88 bits per heavy atom. The van der Waals surface area contributed by atoms with E-state index in [9.17, 15) is 9.59 Å². The van der Waals surface area contributed by atoms with Crippen molar-refractivity contribution in [2.24, 2.45) is 0 Å². The van der Waals surface area contributed by atoms with E-state index in [1.54, 1.807) is 25.7 Å². The number of nitrogens with zero attached hydrogens (tertiary/aromatic N) is 3. The van der Waals surface area contributed by atoms with E-state index in [-0.39, 0.29) is 5.91 Å². The first-order chi connectivity index (χ1) is 12.2. The van der Waals surface area contributed by atoms with Crippen LogP contribution in [0.3, 0.4) is 0 Å². The minimum absolute atomic E-state index is 0.113. The molecule has 2 amide bonds. The highest BCUT2D eigenvalue weighted by Gasteiger charge is 2.33. The van der Waals surface area contributed by atoms with Gasteiger partial charge in [0, 0.05) is 18.5 Å². The highest BCUT2D eigenvalue weighted by atomic mass is 16.6. The average Bonchev–Trinajstić information content (AvgIpc) is 2.86. The van der Waals surface area contributed by atoms with Crippen LogP contribution in [0.5, 0.6) is 0 Å². The molecule has 0 radical (unpaired) electrons. The first-order valence-electron chi connectivity index (χ1n) is 8.50. The van der Waals surface area contributed by atoms with Crippen molar-refractivity contribution in [3.8, 4) is 0 Å². The number of alkyl carbamates (subject to hydrolysis) is 1. The van der Waals surface area contributed by atoms with Gasteiger partial charge in [-0.1, -0.05) is 6.07 Å². The normalized spacial score (nSPS) is 17.6. The maximum Gasteiger partial charge on any atom is 0.408 e. The van der Waals surface area contributed by atoms with E-state index in [1.165, 1.54) is 6.33 Å². The molecule has 1 atom stereocenters. The monoisotopic (exact) mass is 357 g/mol. The quantitative estimate of drug-likeness (QED) is 0.867. The summed E-state index contributed by atoms with van der Waals surface area (Å²) in [5.41, 5.74) is 6.92. The van der Waals surface area contributed by atoms with Crippen molar-refractivity contribution in [3.63, 3.8) is 0 Å². The second-order valence-electron chi connectivity index (χ2n) is 7.36. The first kappa shape index (κ1) is 17.9. The van der Waals surface area contributed by atoms with Crippen LogP contribution in [0.1, 0.15) is 32.8 Å². The summed E-state index contributed by atoms with van der Waals surface area (Å²) in [5.74, 6) is 0.318. The molecule has 1 aliphatic heterocycles. The Kier molecular flexibility index (Phi) is 4.67. The maximum atomic E-state index is 12.5. The molecule has 0 aliphatic carbocycles. The third-order valence-electron chi connectivity index (χ3n) is 4.09. The van der Waals surface area contributed by atoms with Crippen molar-refractivity contribution in [2.45, 2.75) is 45.4 Å². The molecule has 8 nitrogen and oxygen atoms in total. The van der Waals surface area contributed by atoms with E-state index in [0.29, 0.717) is 25.3 Å². The fourth-order valence-electron chi connectivity index (χ4n) is 2.92. The summed E-state index contributed by atoms with van der Waals surface area (Å²) in [5, 5.41) is 3.43. The van der Waals surface area contributed by atoms with E-state index >= 15 is 0 Å². The lowest BCUT2D eigenvalue weighted by Crippen LogP contribution is -2.43. The van der Waals surface area contributed by atoms with Crippen molar-refractivity contribution < 1.29 is 14.3 Å². The molecule has 2 aromatic rings. The second kappa shape index (κ2) is 6.78. The summed E-state index contributed by atoms with van der Waals surface area (Å²) < 4.78 is 5.21. The molecule has 138 valence electrons. The zero-order chi connectivity index (χ0) is 18.9. The van der Waals surface area contributed by atoms with Crippen molar-refractivity contribution in [2.75, 3.05) is 12.3 Å². The molecule has 0 unspecified atom stereocenters. The summed E-state index contributed by atoms with van der Waals surface area (Å²) in [7, 11) is 0. The van der Waals surface area contributed by atoms with Crippen LogP contribution in [-0.4, -0.2) is 45.1 Å². The van der Waals surface area contributed by atoms with Gasteiger partial charge in [0.15, 0.2) is 0 Å². The number of carbonyl (C=O) groups excluding carboxylic acids is 2. The highest BCUT2D eigenvalue weighted by Crippen LogP contribution is 2.21. The molecule has 1 saturated heterocycles. The SMILES string of the molecule is CC(C)(C)OC(=O)N[C@H]1CCN(Cc2ccc3c(N)ncnc3c2)C1=O. The molecule has 0 bridgehead atoms. The molecular weight excluding hydrogens is 334 g/mol. The summed E-state index contributed by atoms with van der Waals surface area (Å²) in [6.45, 7) is 6.37. The number of fused-ring (bicyclic) bond motifs is 1. The Balaban J connectivity index is 1.65. The lowest BCUT2D eigenvalue weighted by Gasteiger charge is -2.21. The Bertz CT molecular complexity index is 846. The second-order valence-corrected chi connectivity index (χ2v) is 7.36. The smallest absolute Gasteiger partial charge is 0.408 e. The number of hydrogen-bond donors (Lipinski definition) is 2. The van der Waals surface area contributed by atoms with E-state index in [2.05, 4.69) is 15.3 Å². The predicted molar refractivity (Wildman–Crippen MR) is 97.1 cm³/mol. The standard InChI is InChI=1S/C18H23N5O3/c1-18(2,3)26-17(25)22-13-6-7-23(16(13)24)9-11-4-5-12-14(8-11)20-10-21-15(12)19/h4-5,8,10,13H,6-7,9H2,1-3H3,(H,22,25)(H2,19,20,21)/t13-/m0/s1. The fourth-order valence-corrected chi connectivity index (χ4v) is 2.92. The summed E-state index contributed by atoms with van der Waals surface area (Å²) in [6.07, 6.45) is 1.40. The molecule has 2 heterocycles. The van der Waals surface area contributed by atoms with Gasteiger partial charge in [0.05, 0.1) is 5.52 Å². The van der Waals surface area contributed by atoms with E-state index < -0.39 is 17.7 Å². The number of anilines is 1. The lowest BCUT2D eigenvalue weighted by atomic mass is 10.1. The molecular formula is C18H23N5O3. The number of aromatic nitrogens is 2. The van der Waals surface area contributed by atoms with Gasteiger partial charge in [-0.2, -0.15) is 0 Å². The number of nitrogen functional groups attached to an aromatic ring is 1. The number of nitrogens with two attached hydrogens (primary N) is 1. The minimum atomic E-state index is -0.597. The molecule has 1 aliphatic rings. The van der Waals surface area contributed by atoms with Crippen LogP contribution in [0.25, 0.3) is 10.9 Å². The van der Waals surface area contributed by atoms with Gasteiger partial charge < -0.3 is 20.7 Å². The summed E-state index contributed by atoms with van der Waals surface area (Å²) >= 11 is 0. The van der Waals surface area contributed by atoms with Crippen LogP contribution < -0.4 is 11.1 Å². The molecule has 26 heavy (non-hydrogen) atoms. The van der Waals surface area contributed by atoms with Gasteiger partial charge in [-0.15, -0.1) is 0 Å². The van der Waals surface area contributed by atoms with E-state index in [0.717, 1.165) is 16.5 Å². The van der Waals surface area contributed by atoms with Gasteiger partial charge in [-0.25, -0.2) is 14.8 Å². The highest BCUT2D eigenvalue weighted by molar-refractivity contribution is 5.89.